The van der Waals surface area contributed by atoms with Crippen LogP contribution in [0.15, 0.2) is 11.0 Å². The molecule has 4 atom stereocenters. The van der Waals surface area contributed by atoms with E-state index in [9.17, 15) is 19.5 Å². The van der Waals surface area contributed by atoms with Crippen molar-refractivity contribution in [2.24, 2.45) is 5.41 Å². The molecule has 0 bridgehead atoms. The van der Waals surface area contributed by atoms with Crippen LogP contribution in [0.3, 0.4) is 0 Å². The number of nitriles is 1. The number of phosphoric acid groups is 1. The normalized spacial score (nSPS) is 28.0. The van der Waals surface area contributed by atoms with Crippen LogP contribution >= 0.6 is 7.82 Å². The fourth-order valence-corrected chi connectivity index (χ4v) is 3.33. The fraction of sp³-hybridized carbons (Fsp3) is 0.667. The Morgan fingerprint density at radius 3 is 2.85 bits per heavy atom. The molecule has 0 radical (unpaired) electrons. The van der Waals surface area contributed by atoms with E-state index in [-0.39, 0.29) is 24.8 Å². The Morgan fingerprint density at radius 2 is 2.31 bits per heavy atom. The molecule has 2 heterocycles. The highest BCUT2D eigenvalue weighted by atomic mass is 31.2. The largest absolute Gasteiger partial charge is 0.472 e. The first kappa shape index (κ1) is 20.6. The average Bonchev–Trinajstić information content (AvgIpc) is 2.90. The molecule has 1 aromatic heterocycles. The maximum Gasteiger partial charge on any atom is 0.472 e. The van der Waals surface area contributed by atoms with Crippen LogP contribution in [0, 0.1) is 16.7 Å². The highest BCUT2D eigenvalue weighted by Crippen LogP contribution is 2.47. The number of hydrogen-bond donors (Lipinski definition) is 2. The number of nitrogen functional groups attached to an aromatic ring is 1. The Balaban J connectivity index is 2.34. The molecular formula is C15H23N4O6P. The van der Waals surface area contributed by atoms with Crippen LogP contribution < -0.4 is 11.4 Å². The van der Waals surface area contributed by atoms with Gasteiger partial charge < -0.3 is 15.4 Å². The molecule has 3 N–H and O–H groups in total. The molecule has 1 aliphatic rings. The minimum absolute atomic E-state index is 0.0187. The zero-order valence-electron chi connectivity index (χ0n) is 15.1. The SMILES string of the molecule is COP(=O)(O)OCC1CC(C)(C#N)C(n2cc(C(C)C)c(N)nc2=O)O1. The quantitative estimate of drug-likeness (QED) is 0.694. The highest BCUT2D eigenvalue weighted by Gasteiger charge is 2.48. The predicted octanol–water partition coefficient (Wildman–Crippen LogP) is 1.53. The standard InChI is InChI=1S/C15H23N4O6P/c1-9(2)11-6-19(14(20)18-12(11)17)13-15(3,8-16)5-10(25-13)7-24-26(21,22)23-4/h6,9-10,13H,5,7H2,1-4H3,(H,21,22)(H2,17,18,20). The number of nitrogens with two attached hydrogens (primary N) is 1. The van der Waals surface area contributed by atoms with Gasteiger partial charge in [0.1, 0.15) is 11.2 Å². The smallest absolute Gasteiger partial charge is 0.383 e. The van der Waals surface area contributed by atoms with Crippen molar-refractivity contribution in [2.75, 3.05) is 19.5 Å². The summed E-state index contributed by atoms with van der Waals surface area (Å²) in [6, 6.07) is 2.16. The maximum absolute atomic E-state index is 12.3. The number of phosphoric ester groups is 1. The second kappa shape index (κ2) is 7.47. The molecule has 0 aliphatic carbocycles. The lowest BCUT2D eigenvalue weighted by molar-refractivity contribution is -0.0429. The Labute approximate surface area is 151 Å². The fourth-order valence-electron chi connectivity index (χ4n) is 2.87. The van der Waals surface area contributed by atoms with Crippen LogP contribution in [0.4, 0.5) is 5.82 Å². The minimum Gasteiger partial charge on any atom is -0.383 e. The molecule has 0 aromatic carbocycles. The van der Waals surface area contributed by atoms with Crippen molar-refractivity contribution in [3.63, 3.8) is 0 Å². The van der Waals surface area contributed by atoms with E-state index >= 15 is 0 Å². The summed E-state index contributed by atoms with van der Waals surface area (Å²) in [6.45, 7) is 5.19. The summed E-state index contributed by atoms with van der Waals surface area (Å²) in [5.41, 5.74) is 4.77. The van der Waals surface area contributed by atoms with Crippen molar-refractivity contribution in [3.8, 4) is 6.07 Å². The van der Waals surface area contributed by atoms with Crippen LogP contribution in [0.1, 0.15) is 44.9 Å². The van der Waals surface area contributed by atoms with E-state index in [1.54, 1.807) is 13.1 Å². The Kier molecular flexibility index (Phi) is 5.90. The maximum atomic E-state index is 12.3. The second-order valence-electron chi connectivity index (χ2n) is 6.72. The third-order valence-corrected chi connectivity index (χ3v) is 5.25. The van der Waals surface area contributed by atoms with Gasteiger partial charge in [-0.1, -0.05) is 13.8 Å². The molecule has 10 nitrogen and oxygen atoms in total. The van der Waals surface area contributed by atoms with Crippen molar-refractivity contribution >= 4 is 13.6 Å². The Hall–Kier alpha value is -1.76. The van der Waals surface area contributed by atoms with Gasteiger partial charge in [-0.05, 0) is 19.3 Å². The van der Waals surface area contributed by atoms with E-state index in [4.69, 9.17) is 15.0 Å². The molecule has 2 rings (SSSR count). The van der Waals surface area contributed by atoms with Crippen LogP contribution in [-0.2, 0) is 18.3 Å². The van der Waals surface area contributed by atoms with E-state index in [2.05, 4.69) is 15.6 Å². The molecule has 0 spiro atoms. The number of nitrogens with zero attached hydrogens (tertiary/aromatic N) is 3. The molecule has 1 aliphatic heterocycles. The second-order valence-corrected chi connectivity index (χ2v) is 8.28. The molecule has 0 amide bonds. The van der Waals surface area contributed by atoms with E-state index in [0.717, 1.165) is 7.11 Å². The van der Waals surface area contributed by atoms with Gasteiger partial charge in [-0.3, -0.25) is 13.6 Å². The molecule has 0 saturated carbocycles. The number of ether oxygens (including phenoxy) is 1. The van der Waals surface area contributed by atoms with Crippen molar-refractivity contribution in [1.82, 2.24) is 9.55 Å². The summed E-state index contributed by atoms with van der Waals surface area (Å²) in [6.07, 6.45) is 0.142. The van der Waals surface area contributed by atoms with E-state index in [1.807, 2.05) is 13.8 Å². The van der Waals surface area contributed by atoms with Crippen molar-refractivity contribution in [3.05, 3.63) is 22.2 Å². The summed E-state index contributed by atoms with van der Waals surface area (Å²) in [5.74, 6) is 0.157. The van der Waals surface area contributed by atoms with Gasteiger partial charge >= 0.3 is 13.5 Å². The topological polar surface area (TPSA) is 150 Å². The number of hydrogen-bond acceptors (Lipinski definition) is 8. The van der Waals surface area contributed by atoms with Gasteiger partial charge in [-0.15, -0.1) is 0 Å². The number of anilines is 1. The zero-order valence-corrected chi connectivity index (χ0v) is 16.0. The van der Waals surface area contributed by atoms with E-state index in [0.29, 0.717) is 5.56 Å². The number of rotatable bonds is 6. The van der Waals surface area contributed by atoms with Crippen molar-refractivity contribution in [1.29, 1.82) is 5.26 Å². The Bertz CT molecular complexity index is 819. The van der Waals surface area contributed by atoms with E-state index in [1.165, 1.54) is 4.57 Å². The van der Waals surface area contributed by atoms with Crippen LogP contribution in [0.5, 0.6) is 0 Å². The summed E-state index contributed by atoms with van der Waals surface area (Å²) >= 11 is 0. The van der Waals surface area contributed by atoms with Gasteiger partial charge in [0.25, 0.3) is 0 Å². The van der Waals surface area contributed by atoms with Crippen LogP contribution in [-0.4, -0.2) is 34.3 Å². The van der Waals surface area contributed by atoms with Crippen LogP contribution in [0.25, 0.3) is 0 Å². The van der Waals surface area contributed by atoms with Crippen molar-refractivity contribution in [2.45, 2.75) is 45.4 Å². The predicted molar refractivity (Wildman–Crippen MR) is 92.0 cm³/mol. The lowest BCUT2D eigenvalue weighted by atomic mass is 9.87. The monoisotopic (exact) mass is 386 g/mol. The highest BCUT2D eigenvalue weighted by molar-refractivity contribution is 7.47. The van der Waals surface area contributed by atoms with Gasteiger partial charge in [0.05, 0.1) is 18.8 Å². The molecule has 1 saturated heterocycles. The van der Waals surface area contributed by atoms with Gasteiger partial charge in [0.2, 0.25) is 0 Å². The van der Waals surface area contributed by atoms with Gasteiger partial charge in [-0.25, -0.2) is 9.36 Å². The molecule has 1 aromatic rings. The lowest BCUT2D eigenvalue weighted by Gasteiger charge is -2.25. The van der Waals surface area contributed by atoms with Crippen molar-refractivity contribution < 1.29 is 23.2 Å². The third-order valence-electron chi connectivity index (χ3n) is 4.31. The first-order valence-electron chi connectivity index (χ1n) is 8.01. The summed E-state index contributed by atoms with van der Waals surface area (Å²) < 4.78 is 27.7. The molecule has 11 heteroatoms. The van der Waals surface area contributed by atoms with Gasteiger partial charge in [-0.2, -0.15) is 10.2 Å². The molecule has 4 unspecified atom stereocenters. The first-order chi connectivity index (χ1) is 12.0. The summed E-state index contributed by atoms with van der Waals surface area (Å²) in [4.78, 5) is 25.5. The molecule has 1 fully saturated rings. The van der Waals surface area contributed by atoms with Gasteiger partial charge in [0.15, 0.2) is 6.23 Å². The molecular weight excluding hydrogens is 363 g/mol. The lowest BCUT2D eigenvalue weighted by Crippen LogP contribution is -2.34. The van der Waals surface area contributed by atoms with Gasteiger partial charge in [0, 0.05) is 18.9 Å². The summed E-state index contributed by atoms with van der Waals surface area (Å²) in [5, 5.41) is 9.61. The minimum atomic E-state index is -4.17. The Morgan fingerprint density at radius 1 is 1.65 bits per heavy atom. The van der Waals surface area contributed by atoms with E-state index < -0.39 is 31.3 Å². The molecule has 144 valence electrons. The first-order valence-corrected chi connectivity index (χ1v) is 9.51. The zero-order chi connectivity index (χ0) is 19.7. The molecule has 26 heavy (non-hydrogen) atoms. The number of aromatic nitrogens is 2. The summed E-state index contributed by atoms with van der Waals surface area (Å²) in [7, 11) is -3.12. The van der Waals surface area contributed by atoms with Crippen LogP contribution in [0.2, 0.25) is 0 Å². The third kappa shape index (κ3) is 4.14. The average molecular weight is 386 g/mol.